The maximum atomic E-state index is 13.7. The minimum absolute atomic E-state index is 0.158. The van der Waals surface area contributed by atoms with Crippen molar-refractivity contribution in [2.75, 3.05) is 32.2 Å². The van der Waals surface area contributed by atoms with Crippen LogP contribution in [0.15, 0.2) is 49.1 Å². The van der Waals surface area contributed by atoms with Crippen LogP contribution < -0.4 is 14.4 Å². The molecule has 0 spiro atoms. The highest BCUT2D eigenvalue weighted by Gasteiger charge is 2.34. The normalized spacial score (nSPS) is 15.9. The Morgan fingerprint density at radius 2 is 1.68 bits per heavy atom. The SMILES string of the molecule is COc1ncnc(OC)c1-n1c(CS(=O)(=O)[C@H]2CCCN(c3ncc(F)cn3)C2)nnc1-c1ccccc1. The van der Waals surface area contributed by atoms with E-state index in [1.54, 1.807) is 9.47 Å². The maximum absolute atomic E-state index is 13.7. The molecule has 38 heavy (non-hydrogen) atoms. The molecule has 1 aromatic carbocycles. The third kappa shape index (κ3) is 4.98. The van der Waals surface area contributed by atoms with Crippen molar-refractivity contribution >= 4 is 15.8 Å². The lowest BCUT2D eigenvalue weighted by Crippen LogP contribution is -2.43. The third-order valence-electron chi connectivity index (χ3n) is 6.23. The minimum atomic E-state index is -3.74. The van der Waals surface area contributed by atoms with E-state index < -0.39 is 26.7 Å². The Morgan fingerprint density at radius 3 is 2.34 bits per heavy atom. The van der Waals surface area contributed by atoms with E-state index in [0.717, 1.165) is 12.4 Å². The molecule has 1 fully saturated rings. The summed E-state index contributed by atoms with van der Waals surface area (Å²) in [5.41, 5.74) is 0.991. The molecule has 3 aromatic heterocycles. The molecule has 0 saturated carbocycles. The molecule has 4 heterocycles. The van der Waals surface area contributed by atoms with Gasteiger partial charge in [0.15, 0.2) is 33.0 Å². The van der Waals surface area contributed by atoms with E-state index in [1.807, 2.05) is 30.3 Å². The summed E-state index contributed by atoms with van der Waals surface area (Å²) in [4.78, 5) is 18.1. The van der Waals surface area contributed by atoms with Crippen LogP contribution in [-0.4, -0.2) is 75.7 Å². The molecule has 4 aromatic rings. The van der Waals surface area contributed by atoms with Crippen molar-refractivity contribution in [3.05, 3.63) is 60.7 Å². The molecule has 12 nitrogen and oxygen atoms in total. The van der Waals surface area contributed by atoms with E-state index >= 15 is 0 Å². The van der Waals surface area contributed by atoms with Crippen LogP contribution in [0, 0.1) is 5.82 Å². The molecule has 14 heteroatoms. The van der Waals surface area contributed by atoms with Gasteiger partial charge >= 0.3 is 0 Å². The van der Waals surface area contributed by atoms with Crippen molar-refractivity contribution in [2.45, 2.75) is 23.8 Å². The van der Waals surface area contributed by atoms with E-state index in [9.17, 15) is 12.8 Å². The van der Waals surface area contributed by atoms with Crippen LogP contribution in [0.3, 0.4) is 0 Å². The first-order valence-corrected chi connectivity index (χ1v) is 13.5. The molecule has 198 valence electrons. The third-order valence-corrected chi connectivity index (χ3v) is 8.29. The fraction of sp³-hybridized carbons (Fsp3) is 0.333. The van der Waals surface area contributed by atoms with Crippen molar-refractivity contribution < 1.29 is 22.3 Å². The summed E-state index contributed by atoms with van der Waals surface area (Å²) in [5, 5.41) is 7.89. The first-order chi connectivity index (χ1) is 18.4. The topological polar surface area (TPSA) is 138 Å². The minimum Gasteiger partial charge on any atom is -0.479 e. The Hall–Kier alpha value is -4.20. The van der Waals surface area contributed by atoms with Gasteiger partial charge < -0.3 is 14.4 Å². The predicted molar refractivity (Wildman–Crippen MR) is 135 cm³/mol. The van der Waals surface area contributed by atoms with E-state index in [0.29, 0.717) is 30.8 Å². The summed E-state index contributed by atoms with van der Waals surface area (Å²) in [6.07, 6.45) is 4.49. The molecule has 0 unspecified atom stereocenters. The number of anilines is 1. The molecule has 1 aliphatic heterocycles. The Labute approximate surface area is 218 Å². The van der Waals surface area contributed by atoms with Gasteiger partial charge in [-0.3, -0.25) is 4.57 Å². The number of hydrogen-bond donors (Lipinski definition) is 0. The van der Waals surface area contributed by atoms with Crippen LogP contribution in [0.25, 0.3) is 17.1 Å². The number of ether oxygens (including phenoxy) is 2. The number of benzene rings is 1. The number of hydrogen-bond acceptors (Lipinski definition) is 11. The second-order valence-corrected chi connectivity index (χ2v) is 10.9. The van der Waals surface area contributed by atoms with E-state index in [4.69, 9.17) is 9.47 Å². The predicted octanol–water partition coefficient (Wildman–Crippen LogP) is 2.25. The molecule has 1 aliphatic rings. The highest BCUT2D eigenvalue weighted by molar-refractivity contribution is 7.91. The zero-order chi connectivity index (χ0) is 26.7. The maximum Gasteiger partial charge on any atom is 0.245 e. The van der Waals surface area contributed by atoms with Crippen LogP contribution >= 0.6 is 0 Å². The van der Waals surface area contributed by atoms with Gasteiger partial charge in [-0.1, -0.05) is 30.3 Å². The Bertz CT molecular complexity index is 1490. The average Bonchev–Trinajstić information content (AvgIpc) is 3.35. The second-order valence-electron chi connectivity index (χ2n) is 8.60. The molecule has 5 rings (SSSR count). The van der Waals surface area contributed by atoms with Gasteiger partial charge in [0.2, 0.25) is 17.7 Å². The molecular weight excluding hydrogens is 515 g/mol. The van der Waals surface area contributed by atoms with Gasteiger partial charge in [-0.05, 0) is 12.8 Å². The summed E-state index contributed by atoms with van der Waals surface area (Å²) < 4.78 is 53.2. The van der Waals surface area contributed by atoms with E-state index in [-0.39, 0.29) is 35.8 Å². The molecule has 0 radical (unpaired) electrons. The second kappa shape index (κ2) is 10.7. The number of methoxy groups -OCH3 is 2. The molecule has 1 saturated heterocycles. The summed E-state index contributed by atoms with van der Waals surface area (Å²) in [7, 11) is -0.847. The van der Waals surface area contributed by atoms with Crippen LogP contribution in [0.1, 0.15) is 18.7 Å². The lowest BCUT2D eigenvalue weighted by atomic mass is 10.1. The number of rotatable bonds is 8. The molecule has 0 N–H and O–H groups in total. The summed E-state index contributed by atoms with van der Waals surface area (Å²) in [6, 6.07) is 9.22. The van der Waals surface area contributed by atoms with Gasteiger partial charge in [0.05, 0.1) is 31.9 Å². The largest absolute Gasteiger partial charge is 0.479 e. The number of halogens is 1. The van der Waals surface area contributed by atoms with Crippen LogP contribution in [0.4, 0.5) is 10.3 Å². The molecule has 0 amide bonds. The van der Waals surface area contributed by atoms with E-state index in [1.165, 1.54) is 20.5 Å². The number of sulfone groups is 1. The van der Waals surface area contributed by atoms with Crippen molar-refractivity contribution in [1.29, 1.82) is 0 Å². The summed E-state index contributed by atoms with van der Waals surface area (Å²) in [5.74, 6) is 0.208. The molecular formula is C24H25FN8O4S. The molecule has 0 aliphatic carbocycles. The fourth-order valence-corrected chi connectivity index (χ4v) is 6.15. The average molecular weight is 541 g/mol. The van der Waals surface area contributed by atoms with E-state index in [2.05, 4.69) is 30.1 Å². The first kappa shape index (κ1) is 25.4. The van der Waals surface area contributed by atoms with Crippen molar-refractivity contribution in [1.82, 2.24) is 34.7 Å². The van der Waals surface area contributed by atoms with Gasteiger partial charge in [0, 0.05) is 18.7 Å². The van der Waals surface area contributed by atoms with Crippen molar-refractivity contribution in [3.8, 4) is 28.8 Å². The first-order valence-electron chi connectivity index (χ1n) is 11.8. The Balaban J connectivity index is 1.54. The highest BCUT2D eigenvalue weighted by atomic mass is 32.2. The van der Waals surface area contributed by atoms with Gasteiger partial charge in [-0.25, -0.2) is 22.8 Å². The van der Waals surface area contributed by atoms with Gasteiger partial charge in [-0.2, -0.15) is 9.97 Å². The van der Waals surface area contributed by atoms with Crippen molar-refractivity contribution in [3.63, 3.8) is 0 Å². The van der Waals surface area contributed by atoms with Gasteiger partial charge in [0.25, 0.3) is 0 Å². The Morgan fingerprint density at radius 1 is 1.00 bits per heavy atom. The highest BCUT2D eigenvalue weighted by Crippen LogP contribution is 2.34. The number of piperidine rings is 1. The lowest BCUT2D eigenvalue weighted by Gasteiger charge is -2.32. The molecule has 1 atom stereocenters. The zero-order valence-electron chi connectivity index (χ0n) is 20.7. The molecule has 0 bridgehead atoms. The van der Waals surface area contributed by atoms with Gasteiger partial charge in [-0.15, -0.1) is 10.2 Å². The monoisotopic (exact) mass is 540 g/mol. The standard InChI is InChI=1S/C24H25FN8O4S/c1-36-22-20(23(37-2)29-15-28-22)33-19(30-31-21(33)16-7-4-3-5-8-16)14-38(34,35)18-9-6-10-32(13-18)24-26-11-17(25)12-27-24/h3-5,7-8,11-12,15,18H,6,9-10,13-14H2,1-2H3/t18-/m0/s1. The fourth-order valence-electron chi connectivity index (χ4n) is 4.44. The quantitative estimate of drug-likeness (QED) is 0.325. The van der Waals surface area contributed by atoms with Crippen LogP contribution in [0.2, 0.25) is 0 Å². The zero-order valence-corrected chi connectivity index (χ0v) is 21.5. The van der Waals surface area contributed by atoms with Crippen LogP contribution in [-0.2, 0) is 15.6 Å². The number of nitrogens with zero attached hydrogens (tertiary/aromatic N) is 8. The summed E-state index contributed by atoms with van der Waals surface area (Å²) >= 11 is 0. The Kier molecular flexibility index (Phi) is 7.13. The smallest absolute Gasteiger partial charge is 0.245 e. The van der Waals surface area contributed by atoms with Gasteiger partial charge in [0.1, 0.15) is 12.1 Å². The lowest BCUT2D eigenvalue weighted by molar-refractivity contribution is 0.368. The van der Waals surface area contributed by atoms with Crippen molar-refractivity contribution in [2.24, 2.45) is 0 Å². The summed E-state index contributed by atoms with van der Waals surface area (Å²) in [6.45, 7) is 0.747. The number of aromatic nitrogens is 7. The van der Waals surface area contributed by atoms with Crippen LogP contribution in [0.5, 0.6) is 11.8 Å².